The normalized spacial score (nSPS) is 37.9. The molecule has 0 amide bonds. The van der Waals surface area contributed by atoms with Gasteiger partial charge in [0.2, 0.25) is 6.29 Å². The summed E-state index contributed by atoms with van der Waals surface area (Å²) in [5.74, 6) is -2.86. The molecule has 194 valence electrons. The molecule has 0 N–H and O–H groups in total. The Morgan fingerprint density at radius 3 is 1.71 bits per heavy atom. The van der Waals surface area contributed by atoms with Crippen molar-refractivity contribution in [1.29, 1.82) is 0 Å². The van der Waals surface area contributed by atoms with E-state index in [1.54, 1.807) is 6.92 Å². The topological polar surface area (TPSA) is 133 Å². The van der Waals surface area contributed by atoms with Crippen molar-refractivity contribution in [3.8, 4) is 0 Å². The van der Waals surface area contributed by atoms with Crippen LogP contribution in [0, 0.1) is 17.8 Å². The van der Waals surface area contributed by atoms with Gasteiger partial charge in [-0.1, -0.05) is 20.8 Å². The van der Waals surface area contributed by atoms with Crippen LogP contribution < -0.4 is 0 Å². The molecule has 0 aromatic heterocycles. The van der Waals surface area contributed by atoms with Crippen LogP contribution in [-0.2, 0) is 52.3 Å². The molecule has 0 bridgehead atoms. The SMILES string of the molecule is CC(=O)OC[C@H]1O[C@H](O[C@H]2C(OC(C)=O)C(OC(C)=O)OC(C)[C@@H]2C)C(OC(C)=O)C(C)[C@@H]1C. The van der Waals surface area contributed by atoms with E-state index in [0.29, 0.717) is 0 Å². The Morgan fingerprint density at radius 1 is 0.618 bits per heavy atom. The summed E-state index contributed by atoms with van der Waals surface area (Å²) in [7, 11) is 0. The van der Waals surface area contributed by atoms with E-state index in [4.69, 9.17) is 33.2 Å². The van der Waals surface area contributed by atoms with Crippen molar-refractivity contribution in [2.24, 2.45) is 17.8 Å². The van der Waals surface area contributed by atoms with Crippen molar-refractivity contribution in [3.63, 3.8) is 0 Å². The molecule has 2 saturated heterocycles. The van der Waals surface area contributed by atoms with Crippen molar-refractivity contribution >= 4 is 23.9 Å². The van der Waals surface area contributed by atoms with Gasteiger partial charge in [-0.05, 0) is 12.8 Å². The third-order valence-corrected chi connectivity index (χ3v) is 6.34. The van der Waals surface area contributed by atoms with E-state index < -0.39 is 67.0 Å². The average molecular weight is 489 g/mol. The molecule has 2 aliphatic heterocycles. The number of carbonyl (C=O) groups is 4. The van der Waals surface area contributed by atoms with Crippen LogP contribution in [0.15, 0.2) is 0 Å². The van der Waals surface area contributed by atoms with Crippen molar-refractivity contribution in [2.75, 3.05) is 6.61 Å². The number of esters is 4. The first-order chi connectivity index (χ1) is 15.8. The summed E-state index contributed by atoms with van der Waals surface area (Å²) in [6, 6.07) is 0. The Hall–Kier alpha value is -2.24. The maximum absolute atomic E-state index is 11.9. The molecule has 2 fully saturated rings. The molecule has 0 aliphatic carbocycles. The fourth-order valence-corrected chi connectivity index (χ4v) is 4.18. The highest BCUT2D eigenvalue weighted by Gasteiger charge is 2.51. The third-order valence-electron chi connectivity index (χ3n) is 6.34. The van der Waals surface area contributed by atoms with Gasteiger partial charge in [-0.25, -0.2) is 0 Å². The maximum atomic E-state index is 11.9. The highest BCUT2D eigenvalue weighted by atomic mass is 16.8. The standard InChI is InChI=1S/C23H36O11/c1-10-11(2)20(30-15(6)25)22(33-18(10)9-28-14(5)24)34-19-12(3)13(4)29-23(32-17(8)27)21(19)31-16(7)26/h10-13,18-23H,9H2,1-8H3/t10-,11?,12-,13?,18+,19+,20?,21?,22+,23?/m0/s1. The molecular weight excluding hydrogens is 452 g/mol. The second-order valence-electron chi connectivity index (χ2n) is 8.99. The molecule has 0 saturated carbocycles. The van der Waals surface area contributed by atoms with Crippen molar-refractivity contribution in [3.05, 3.63) is 0 Å². The van der Waals surface area contributed by atoms with Crippen LogP contribution >= 0.6 is 0 Å². The predicted molar refractivity (Wildman–Crippen MR) is 115 cm³/mol. The summed E-state index contributed by atoms with van der Waals surface area (Å²) in [6.07, 6.45) is -5.90. The first-order valence-electron chi connectivity index (χ1n) is 11.4. The number of rotatable bonds is 7. The van der Waals surface area contributed by atoms with E-state index in [2.05, 4.69) is 0 Å². The van der Waals surface area contributed by atoms with Crippen LogP contribution in [0.4, 0.5) is 0 Å². The van der Waals surface area contributed by atoms with E-state index in [9.17, 15) is 19.2 Å². The fraction of sp³-hybridized carbons (Fsp3) is 0.826. The monoisotopic (exact) mass is 488 g/mol. The number of ether oxygens (including phenoxy) is 7. The minimum absolute atomic E-state index is 0.00330. The molecule has 11 heteroatoms. The minimum Gasteiger partial charge on any atom is -0.463 e. The van der Waals surface area contributed by atoms with Crippen molar-refractivity contribution in [1.82, 2.24) is 0 Å². The van der Waals surface area contributed by atoms with Gasteiger partial charge in [-0.2, -0.15) is 0 Å². The summed E-state index contributed by atoms with van der Waals surface area (Å²) >= 11 is 0. The lowest BCUT2D eigenvalue weighted by Gasteiger charge is -2.48. The highest BCUT2D eigenvalue weighted by Crippen LogP contribution is 2.38. The molecule has 2 aliphatic rings. The van der Waals surface area contributed by atoms with E-state index in [1.807, 2.05) is 20.8 Å². The molecule has 0 spiro atoms. The van der Waals surface area contributed by atoms with Gasteiger partial charge in [-0.15, -0.1) is 0 Å². The lowest BCUT2D eigenvalue weighted by molar-refractivity contribution is -0.338. The van der Waals surface area contributed by atoms with Crippen LogP contribution in [0.1, 0.15) is 55.4 Å². The largest absolute Gasteiger partial charge is 0.463 e. The van der Waals surface area contributed by atoms with Crippen molar-refractivity contribution < 1.29 is 52.3 Å². The second-order valence-corrected chi connectivity index (χ2v) is 8.99. The van der Waals surface area contributed by atoms with Crippen molar-refractivity contribution in [2.45, 2.75) is 98.5 Å². The molecule has 0 aromatic carbocycles. The van der Waals surface area contributed by atoms with Crippen LogP contribution in [-0.4, -0.2) is 73.6 Å². The highest BCUT2D eigenvalue weighted by molar-refractivity contribution is 5.67. The van der Waals surface area contributed by atoms with Crippen LogP contribution in [0.3, 0.4) is 0 Å². The number of carbonyl (C=O) groups excluding carboxylic acids is 4. The van der Waals surface area contributed by atoms with Crippen LogP contribution in [0.25, 0.3) is 0 Å². The zero-order valence-electron chi connectivity index (χ0n) is 21.0. The first-order valence-corrected chi connectivity index (χ1v) is 11.4. The molecule has 34 heavy (non-hydrogen) atoms. The number of hydrogen-bond donors (Lipinski definition) is 0. The smallest absolute Gasteiger partial charge is 0.305 e. The molecule has 11 nitrogen and oxygen atoms in total. The van der Waals surface area contributed by atoms with E-state index in [-0.39, 0.29) is 24.4 Å². The van der Waals surface area contributed by atoms with Gasteiger partial charge in [0, 0.05) is 39.5 Å². The van der Waals surface area contributed by atoms with Gasteiger partial charge in [0.1, 0.15) is 12.7 Å². The molecular formula is C23H36O11. The zero-order valence-corrected chi connectivity index (χ0v) is 21.0. The molecule has 5 unspecified atom stereocenters. The summed E-state index contributed by atoms with van der Waals surface area (Å²) in [5.41, 5.74) is 0. The second kappa shape index (κ2) is 11.9. The van der Waals surface area contributed by atoms with E-state index in [0.717, 1.165) is 0 Å². The van der Waals surface area contributed by atoms with Crippen LogP contribution in [0.2, 0.25) is 0 Å². The Kier molecular flexibility index (Phi) is 9.84. The predicted octanol–water partition coefficient (Wildman–Crippen LogP) is 1.74. The molecule has 10 atom stereocenters. The minimum atomic E-state index is -1.19. The first kappa shape index (κ1) is 28.0. The Balaban J connectivity index is 2.37. The average Bonchev–Trinajstić information content (AvgIpc) is 2.71. The Labute approximate surface area is 199 Å². The van der Waals surface area contributed by atoms with E-state index >= 15 is 0 Å². The lowest BCUT2D eigenvalue weighted by atomic mass is 9.83. The molecule has 0 radical (unpaired) electrons. The Bertz CT molecular complexity index is 751. The third kappa shape index (κ3) is 7.13. The molecule has 2 rings (SSSR count). The number of hydrogen-bond acceptors (Lipinski definition) is 11. The fourth-order valence-electron chi connectivity index (χ4n) is 4.18. The van der Waals surface area contributed by atoms with Crippen LogP contribution in [0.5, 0.6) is 0 Å². The summed E-state index contributed by atoms with van der Waals surface area (Å²) < 4.78 is 39.6. The van der Waals surface area contributed by atoms with Gasteiger partial charge in [-0.3, -0.25) is 19.2 Å². The lowest BCUT2D eigenvalue weighted by Crippen LogP contribution is -2.60. The summed E-state index contributed by atoms with van der Waals surface area (Å²) in [6.45, 7) is 12.4. The summed E-state index contributed by atoms with van der Waals surface area (Å²) in [5, 5.41) is 0. The summed E-state index contributed by atoms with van der Waals surface area (Å²) in [4.78, 5) is 46.7. The van der Waals surface area contributed by atoms with Gasteiger partial charge < -0.3 is 33.2 Å². The Morgan fingerprint density at radius 2 is 1.18 bits per heavy atom. The van der Waals surface area contributed by atoms with Gasteiger partial charge >= 0.3 is 23.9 Å². The van der Waals surface area contributed by atoms with Gasteiger partial charge in [0.25, 0.3) is 0 Å². The van der Waals surface area contributed by atoms with E-state index in [1.165, 1.54) is 27.7 Å². The quantitative estimate of drug-likeness (QED) is 0.383. The maximum Gasteiger partial charge on any atom is 0.305 e. The molecule has 2 heterocycles. The van der Waals surface area contributed by atoms with Gasteiger partial charge in [0.05, 0.1) is 12.2 Å². The van der Waals surface area contributed by atoms with Gasteiger partial charge in [0.15, 0.2) is 18.5 Å². The zero-order chi connectivity index (χ0) is 25.7. The molecule has 0 aromatic rings.